The van der Waals surface area contributed by atoms with Gasteiger partial charge in [-0.05, 0) is 12.1 Å². The van der Waals surface area contributed by atoms with Crippen molar-refractivity contribution in [3.05, 3.63) is 18.2 Å². The topological polar surface area (TPSA) is 71.0 Å². The molecule has 2 aromatic rings. The van der Waals surface area contributed by atoms with Crippen LogP contribution in [0.5, 0.6) is 11.5 Å². The van der Waals surface area contributed by atoms with Gasteiger partial charge in [-0.15, -0.1) is 10.2 Å². The number of methoxy groups -OCH3 is 2. The van der Waals surface area contributed by atoms with Crippen LogP contribution in [0.25, 0.3) is 11.5 Å². The second kappa shape index (κ2) is 9.43. The van der Waals surface area contributed by atoms with Gasteiger partial charge in [0.1, 0.15) is 30.7 Å². The van der Waals surface area contributed by atoms with Gasteiger partial charge in [-0.1, -0.05) is 25.6 Å². The fourth-order valence-electron chi connectivity index (χ4n) is 3.20. The smallest absolute Gasteiger partial charge is 0.276 e. The highest BCUT2D eigenvalue weighted by Gasteiger charge is 2.25. The highest BCUT2D eigenvalue weighted by Crippen LogP contribution is 2.30. The number of nitrogens with zero attached hydrogens (tertiary/aromatic N) is 2. The Morgan fingerprint density at radius 2 is 1.93 bits per heavy atom. The molecule has 0 aliphatic carbocycles. The quantitative estimate of drug-likeness (QED) is 0.685. The standard InChI is InChI=1S/C19H27N3O4S/c1-13(2)10-22-5-6-25-17(11-22)12-27-19-21-20-18(26-19)14-7-15(23-3)9-16(8-14)24-4/h7-9,13,17H,5-6,10-12H2,1-4H3/p+1/t17-/m1/s1. The van der Waals surface area contributed by atoms with Gasteiger partial charge in [0, 0.05) is 23.3 Å². The first-order chi connectivity index (χ1) is 13.1. The van der Waals surface area contributed by atoms with Gasteiger partial charge in [-0.2, -0.15) is 0 Å². The molecule has 1 aromatic carbocycles. The van der Waals surface area contributed by atoms with Gasteiger partial charge < -0.3 is 23.5 Å². The number of thioether (sulfide) groups is 1. The molecule has 0 radical (unpaired) electrons. The summed E-state index contributed by atoms with van der Waals surface area (Å²) in [4.78, 5) is 1.61. The molecular formula is C19H28N3O4S+. The predicted octanol–water partition coefficient (Wildman–Crippen LogP) is 1.79. The van der Waals surface area contributed by atoms with Crippen LogP contribution in [0.2, 0.25) is 0 Å². The van der Waals surface area contributed by atoms with Crippen LogP contribution in [-0.2, 0) is 4.74 Å². The van der Waals surface area contributed by atoms with E-state index >= 15 is 0 Å². The predicted molar refractivity (Wildman–Crippen MR) is 104 cm³/mol. The molecule has 1 aliphatic rings. The van der Waals surface area contributed by atoms with Crippen molar-refractivity contribution in [3.63, 3.8) is 0 Å². The van der Waals surface area contributed by atoms with Crippen molar-refractivity contribution in [1.82, 2.24) is 10.2 Å². The van der Waals surface area contributed by atoms with Crippen LogP contribution >= 0.6 is 11.8 Å². The summed E-state index contributed by atoms with van der Waals surface area (Å²) in [7, 11) is 3.23. The van der Waals surface area contributed by atoms with Gasteiger partial charge in [0.2, 0.25) is 5.89 Å². The zero-order chi connectivity index (χ0) is 19.2. The van der Waals surface area contributed by atoms with Crippen molar-refractivity contribution >= 4 is 11.8 Å². The number of quaternary nitrogens is 1. The van der Waals surface area contributed by atoms with Crippen LogP contribution in [-0.4, -0.2) is 62.5 Å². The van der Waals surface area contributed by atoms with E-state index in [1.54, 1.807) is 36.9 Å². The Morgan fingerprint density at radius 1 is 1.19 bits per heavy atom. The number of ether oxygens (including phenoxy) is 3. The minimum Gasteiger partial charge on any atom is -0.497 e. The molecule has 7 nitrogen and oxygen atoms in total. The molecule has 0 saturated carbocycles. The molecule has 1 aliphatic heterocycles. The van der Waals surface area contributed by atoms with Gasteiger partial charge in [0.15, 0.2) is 0 Å². The summed E-state index contributed by atoms with van der Waals surface area (Å²) >= 11 is 1.54. The first kappa shape index (κ1) is 20.0. The Balaban J connectivity index is 1.60. The molecule has 1 unspecified atom stereocenters. The second-order valence-corrected chi connectivity index (χ2v) is 8.05. The molecule has 8 heteroatoms. The van der Waals surface area contributed by atoms with Crippen molar-refractivity contribution in [3.8, 4) is 23.0 Å². The molecule has 3 rings (SSSR count). The van der Waals surface area contributed by atoms with Crippen LogP contribution in [0.3, 0.4) is 0 Å². The average Bonchev–Trinajstić information content (AvgIpc) is 3.15. The number of hydrogen-bond acceptors (Lipinski definition) is 7. The van der Waals surface area contributed by atoms with Crippen LogP contribution in [0.4, 0.5) is 0 Å². The maximum absolute atomic E-state index is 5.90. The molecule has 1 aromatic heterocycles. The molecular weight excluding hydrogens is 366 g/mol. The molecule has 1 fully saturated rings. The maximum Gasteiger partial charge on any atom is 0.276 e. The van der Waals surface area contributed by atoms with Gasteiger partial charge in [0.25, 0.3) is 5.22 Å². The Kier molecular flexibility index (Phi) is 6.98. The third-order valence-electron chi connectivity index (χ3n) is 4.42. The lowest BCUT2D eigenvalue weighted by molar-refractivity contribution is -0.914. The first-order valence-corrected chi connectivity index (χ1v) is 10.2. The minimum atomic E-state index is 0.213. The summed E-state index contributed by atoms with van der Waals surface area (Å²) in [5.74, 6) is 3.32. The monoisotopic (exact) mass is 394 g/mol. The summed E-state index contributed by atoms with van der Waals surface area (Å²) in [5, 5.41) is 8.87. The van der Waals surface area contributed by atoms with Crippen molar-refractivity contribution < 1.29 is 23.5 Å². The van der Waals surface area contributed by atoms with Gasteiger partial charge in [-0.25, -0.2) is 0 Å². The van der Waals surface area contributed by atoms with E-state index in [4.69, 9.17) is 18.6 Å². The molecule has 148 valence electrons. The first-order valence-electron chi connectivity index (χ1n) is 9.22. The summed E-state index contributed by atoms with van der Waals surface area (Å²) in [6.45, 7) is 8.64. The van der Waals surface area contributed by atoms with Crippen molar-refractivity contribution in [2.24, 2.45) is 5.92 Å². The van der Waals surface area contributed by atoms with E-state index < -0.39 is 0 Å². The average molecular weight is 395 g/mol. The zero-order valence-corrected chi connectivity index (χ0v) is 17.2. The van der Waals surface area contributed by atoms with Crippen LogP contribution < -0.4 is 14.4 Å². The van der Waals surface area contributed by atoms with E-state index in [0.29, 0.717) is 28.5 Å². The third kappa shape index (κ3) is 5.60. The van der Waals surface area contributed by atoms with Crippen molar-refractivity contribution in [1.29, 1.82) is 0 Å². The van der Waals surface area contributed by atoms with Gasteiger partial charge in [0.05, 0.1) is 27.4 Å². The lowest BCUT2D eigenvalue weighted by Gasteiger charge is -2.30. The molecule has 1 saturated heterocycles. The van der Waals surface area contributed by atoms with E-state index in [1.807, 2.05) is 12.1 Å². The zero-order valence-electron chi connectivity index (χ0n) is 16.4. The van der Waals surface area contributed by atoms with Gasteiger partial charge in [-0.3, -0.25) is 0 Å². The normalized spacial score (nSPS) is 20.0. The van der Waals surface area contributed by atoms with Crippen molar-refractivity contribution in [2.75, 3.05) is 46.2 Å². The Morgan fingerprint density at radius 3 is 2.59 bits per heavy atom. The van der Waals surface area contributed by atoms with Gasteiger partial charge >= 0.3 is 0 Å². The highest BCUT2D eigenvalue weighted by atomic mass is 32.2. The lowest BCUT2D eigenvalue weighted by atomic mass is 10.2. The molecule has 2 atom stereocenters. The van der Waals surface area contributed by atoms with E-state index in [0.717, 1.165) is 31.0 Å². The van der Waals surface area contributed by atoms with E-state index in [2.05, 4.69) is 24.0 Å². The number of morpholine rings is 1. The Bertz CT molecular complexity index is 715. The molecule has 0 spiro atoms. The van der Waals surface area contributed by atoms with E-state index in [-0.39, 0.29) is 6.10 Å². The number of benzene rings is 1. The molecule has 2 heterocycles. The fourth-order valence-corrected chi connectivity index (χ4v) is 3.98. The largest absolute Gasteiger partial charge is 0.497 e. The number of aromatic nitrogens is 2. The van der Waals surface area contributed by atoms with E-state index in [1.165, 1.54) is 6.54 Å². The van der Waals surface area contributed by atoms with E-state index in [9.17, 15) is 0 Å². The minimum absolute atomic E-state index is 0.213. The number of rotatable bonds is 8. The maximum atomic E-state index is 5.90. The fraction of sp³-hybridized carbons (Fsp3) is 0.579. The summed E-state index contributed by atoms with van der Waals surface area (Å²) < 4.78 is 22.3. The molecule has 27 heavy (non-hydrogen) atoms. The van der Waals surface area contributed by atoms with Crippen LogP contribution in [0, 0.1) is 5.92 Å². The summed E-state index contributed by atoms with van der Waals surface area (Å²) in [5.41, 5.74) is 0.770. The van der Waals surface area contributed by atoms with Crippen LogP contribution in [0.15, 0.2) is 27.8 Å². The lowest BCUT2D eigenvalue weighted by Crippen LogP contribution is -3.15. The Labute approximate surface area is 164 Å². The second-order valence-electron chi connectivity index (χ2n) is 7.08. The summed E-state index contributed by atoms with van der Waals surface area (Å²) in [6, 6.07) is 5.50. The third-order valence-corrected chi connectivity index (χ3v) is 5.37. The summed E-state index contributed by atoms with van der Waals surface area (Å²) in [6.07, 6.45) is 0.213. The SMILES string of the molecule is COc1cc(OC)cc(-c2nnc(SC[C@H]3C[NH+](CC(C)C)CCO3)o2)c1. The van der Waals surface area contributed by atoms with Crippen LogP contribution in [0.1, 0.15) is 13.8 Å². The Hall–Kier alpha value is -1.77. The molecule has 0 bridgehead atoms. The molecule has 1 N–H and O–H groups in total. The molecule has 0 amide bonds. The highest BCUT2D eigenvalue weighted by molar-refractivity contribution is 7.99. The van der Waals surface area contributed by atoms with Crippen molar-refractivity contribution in [2.45, 2.75) is 25.2 Å². The number of nitrogens with one attached hydrogen (secondary N) is 1. The number of hydrogen-bond donors (Lipinski definition) is 1.